The molecule has 0 aliphatic heterocycles. The van der Waals surface area contributed by atoms with Crippen LogP contribution in [0.2, 0.25) is 0 Å². The molecule has 0 saturated carbocycles. The molecule has 10 heteroatoms. The third-order valence-corrected chi connectivity index (χ3v) is 8.41. The summed E-state index contributed by atoms with van der Waals surface area (Å²) in [5.41, 5.74) is 5.17. The van der Waals surface area contributed by atoms with Crippen LogP contribution in [0, 0.1) is 12.3 Å². The van der Waals surface area contributed by atoms with Gasteiger partial charge >= 0.3 is 17.2 Å². The van der Waals surface area contributed by atoms with Gasteiger partial charge in [0, 0.05) is 6.61 Å². The summed E-state index contributed by atoms with van der Waals surface area (Å²) in [6, 6.07) is 4.81. The van der Waals surface area contributed by atoms with E-state index in [4.69, 9.17) is 33.4 Å². The van der Waals surface area contributed by atoms with Crippen LogP contribution in [0.25, 0.3) is 0 Å². The molecule has 0 bridgehead atoms. The number of aliphatic hydroxyl groups excluding tert-OH is 1. The number of unbranched alkanes of at least 4 members (excludes halogenated alkanes) is 9. The van der Waals surface area contributed by atoms with Crippen LogP contribution in [0.15, 0.2) is 12.1 Å². The average molecular weight is 635 g/mol. The Labute approximate surface area is 258 Å². The van der Waals surface area contributed by atoms with Gasteiger partial charge in [-0.05, 0) is 53.7 Å². The van der Waals surface area contributed by atoms with E-state index in [1.165, 1.54) is 61.6 Å². The Balaban J connectivity index is 2.26. The van der Waals surface area contributed by atoms with E-state index < -0.39 is 29.2 Å². The summed E-state index contributed by atoms with van der Waals surface area (Å²) in [5.74, 6) is 0. The summed E-state index contributed by atoms with van der Waals surface area (Å²) in [7, 11) is -5.19. The Morgan fingerprint density at radius 1 is 0.619 bits per heavy atom. The van der Waals surface area contributed by atoms with Gasteiger partial charge in [-0.2, -0.15) is 0 Å². The van der Waals surface area contributed by atoms with E-state index in [-0.39, 0.29) is 30.7 Å². The maximum Gasteiger partial charge on any atom is 0.327 e. The Morgan fingerprint density at radius 3 is 1.40 bits per heavy atom. The standard InChI is InChI=1S/C32H60O8P2/c1-26-20-28(30(2,3)4)27(29(21-26)31(5,6)7)18-16-14-12-10-8-9-11-13-15-17-19-38-23-32(22-33,24-39-41(34)35)25-40-42(36)37/h20-21,33-37H,8-19,22-25H2,1-7H3. The monoisotopic (exact) mass is 634 g/mol. The highest BCUT2D eigenvalue weighted by Gasteiger charge is 2.33. The van der Waals surface area contributed by atoms with E-state index in [0.717, 1.165) is 25.7 Å². The molecular formula is C32H60O8P2. The van der Waals surface area contributed by atoms with E-state index in [0.29, 0.717) is 6.61 Å². The van der Waals surface area contributed by atoms with Gasteiger partial charge in [0.2, 0.25) is 0 Å². The molecule has 0 aliphatic rings. The lowest BCUT2D eigenvalue weighted by molar-refractivity contribution is -0.0500. The normalized spacial score (nSPS) is 13.1. The van der Waals surface area contributed by atoms with E-state index in [1.807, 2.05) is 0 Å². The number of hydrogen-bond acceptors (Lipinski definition) is 8. The molecule has 0 saturated heterocycles. The molecule has 0 unspecified atom stereocenters. The van der Waals surface area contributed by atoms with Crippen LogP contribution in [0.5, 0.6) is 0 Å². The van der Waals surface area contributed by atoms with Crippen LogP contribution >= 0.6 is 17.2 Å². The minimum absolute atomic E-state index is 0.0504. The van der Waals surface area contributed by atoms with Gasteiger partial charge in [0.1, 0.15) is 0 Å². The van der Waals surface area contributed by atoms with E-state index in [2.05, 4.69) is 60.6 Å². The van der Waals surface area contributed by atoms with Crippen LogP contribution in [-0.4, -0.2) is 57.7 Å². The van der Waals surface area contributed by atoms with Gasteiger partial charge < -0.3 is 38.5 Å². The lowest BCUT2D eigenvalue weighted by Crippen LogP contribution is -2.40. The molecule has 0 amide bonds. The summed E-state index contributed by atoms with van der Waals surface area (Å²) >= 11 is 0. The third-order valence-electron chi connectivity index (χ3n) is 7.69. The van der Waals surface area contributed by atoms with Gasteiger partial charge in [0.15, 0.2) is 0 Å². The molecule has 0 fully saturated rings. The lowest BCUT2D eigenvalue weighted by atomic mass is 9.74. The fraction of sp³-hybridized carbons (Fsp3) is 0.812. The van der Waals surface area contributed by atoms with Crippen molar-refractivity contribution < 1.29 is 38.5 Å². The first-order chi connectivity index (χ1) is 19.6. The van der Waals surface area contributed by atoms with Crippen LogP contribution in [0.3, 0.4) is 0 Å². The summed E-state index contributed by atoms with van der Waals surface area (Å²) in [6.07, 6.45) is 13.1. The second kappa shape index (κ2) is 20.0. The minimum atomic E-state index is -2.60. The molecule has 8 nitrogen and oxygen atoms in total. The van der Waals surface area contributed by atoms with Gasteiger partial charge in [0.05, 0.1) is 31.8 Å². The molecule has 0 heterocycles. The first kappa shape index (κ1) is 39.8. The fourth-order valence-corrected chi connectivity index (χ4v) is 6.06. The third kappa shape index (κ3) is 16.2. The van der Waals surface area contributed by atoms with Gasteiger partial charge in [-0.15, -0.1) is 0 Å². The zero-order chi connectivity index (χ0) is 31.8. The Morgan fingerprint density at radius 2 is 1.02 bits per heavy atom. The summed E-state index contributed by atoms with van der Waals surface area (Å²) < 4.78 is 15.4. The zero-order valence-electron chi connectivity index (χ0n) is 27.3. The minimum Gasteiger partial charge on any atom is -0.396 e. The molecule has 0 aliphatic carbocycles. The highest BCUT2D eigenvalue weighted by atomic mass is 31.2. The second-order valence-electron chi connectivity index (χ2n) is 13.9. The van der Waals surface area contributed by atoms with Crippen LogP contribution in [-0.2, 0) is 31.0 Å². The molecule has 0 aromatic heterocycles. The predicted molar refractivity (Wildman–Crippen MR) is 173 cm³/mol. The zero-order valence-corrected chi connectivity index (χ0v) is 29.1. The van der Waals surface area contributed by atoms with Crippen molar-refractivity contribution in [2.75, 3.05) is 33.0 Å². The smallest absolute Gasteiger partial charge is 0.327 e. The van der Waals surface area contributed by atoms with Crippen molar-refractivity contribution in [1.82, 2.24) is 0 Å². The molecule has 5 N–H and O–H groups in total. The summed E-state index contributed by atoms with van der Waals surface area (Å²) in [4.78, 5) is 36.1. The largest absolute Gasteiger partial charge is 0.396 e. The topological polar surface area (TPSA) is 129 Å². The lowest BCUT2D eigenvalue weighted by Gasteiger charge is -2.31. The Kier molecular flexibility index (Phi) is 18.9. The summed E-state index contributed by atoms with van der Waals surface area (Å²) in [5, 5.41) is 9.78. The first-order valence-corrected chi connectivity index (χ1v) is 17.9. The Bertz CT molecular complexity index is 818. The van der Waals surface area contributed by atoms with Crippen molar-refractivity contribution in [2.24, 2.45) is 5.41 Å². The van der Waals surface area contributed by atoms with Gasteiger partial charge in [-0.25, -0.2) is 0 Å². The van der Waals surface area contributed by atoms with Crippen molar-refractivity contribution in [2.45, 2.75) is 130 Å². The average Bonchev–Trinajstić information content (AvgIpc) is 2.89. The fourth-order valence-electron chi connectivity index (χ4n) is 5.28. The maximum absolute atomic E-state index is 9.78. The van der Waals surface area contributed by atoms with Gasteiger partial charge in [0.25, 0.3) is 0 Å². The van der Waals surface area contributed by atoms with Gasteiger partial charge in [-0.3, -0.25) is 0 Å². The molecular weight excluding hydrogens is 574 g/mol. The van der Waals surface area contributed by atoms with E-state index >= 15 is 0 Å². The van der Waals surface area contributed by atoms with Crippen molar-refractivity contribution in [1.29, 1.82) is 0 Å². The van der Waals surface area contributed by atoms with Crippen LogP contribution < -0.4 is 0 Å². The van der Waals surface area contributed by atoms with Gasteiger partial charge in [-0.1, -0.05) is 111 Å². The molecule has 1 rings (SSSR count). The van der Waals surface area contributed by atoms with Crippen LogP contribution in [0.1, 0.15) is 128 Å². The molecule has 42 heavy (non-hydrogen) atoms. The van der Waals surface area contributed by atoms with Crippen molar-refractivity contribution in [3.63, 3.8) is 0 Å². The quantitative estimate of drug-likeness (QED) is 0.0656. The highest BCUT2D eigenvalue weighted by Crippen LogP contribution is 2.36. The number of ether oxygens (including phenoxy) is 1. The number of hydrogen-bond donors (Lipinski definition) is 5. The first-order valence-electron chi connectivity index (χ1n) is 15.6. The molecule has 0 spiro atoms. The van der Waals surface area contributed by atoms with Crippen molar-refractivity contribution in [3.8, 4) is 0 Å². The van der Waals surface area contributed by atoms with Crippen molar-refractivity contribution in [3.05, 3.63) is 34.4 Å². The molecule has 0 radical (unpaired) electrons. The molecule has 1 aromatic rings. The van der Waals surface area contributed by atoms with Crippen LogP contribution in [0.4, 0.5) is 0 Å². The number of aliphatic hydroxyl groups is 1. The molecule has 0 atom stereocenters. The Hall–Kier alpha value is -0.240. The molecule has 246 valence electrons. The SMILES string of the molecule is Cc1cc(C(C)(C)C)c(CCCCCCCCCCCCOCC(CO)(COP(O)O)COP(O)O)c(C(C)(C)C)c1. The van der Waals surface area contributed by atoms with E-state index in [9.17, 15) is 5.11 Å². The van der Waals surface area contributed by atoms with E-state index in [1.54, 1.807) is 5.56 Å². The second-order valence-corrected chi connectivity index (χ2v) is 15.4. The van der Waals surface area contributed by atoms with Crippen molar-refractivity contribution >= 4 is 17.2 Å². The number of rotatable bonds is 22. The number of benzene rings is 1. The summed E-state index contributed by atoms with van der Waals surface area (Å²) in [6.45, 7) is 15.9. The highest BCUT2D eigenvalue weighted by molar-refractivity contribution is 7.39. The number of aryl methyl sites for hydroxylation is 1. The molecule has 1 aromatic carbocycles. The predicted octanol–water partition coefficient (Wildman–Crippen LogP) is 7.49. The maximum atomic E-state index is 9.78.